The lowest BCUT2D eigenvalue weighted by molar-refractivity contribution is 0.477. The van der Waals surface area contributed by atoms with Crippen LogP contribution < -0.4 is 10.5 Å². The molecule has 0 bridgehead atoms. The van der Waals surface area contributed by atoms with E-state index in [0.717, 1.165) is 23.5 Å². The Labute approximate surface area is 121 Å². The smallest absolute Gasteiger partial charge is 0.130 e. The van der Waals surface area contributed by atoms with Crippen LogP contribution in [0.3, 0.4) is 0 Å². The molecule has 0 saturated heterocycles. The summed E-state index contributed by atoms with van der Waals surface area (Å²) < 4.78 is 6.05. The van der Waals surface area contributed by atoms with Gasteiger partial charge in [0.05, 0.1) is 0 Å². The van der Waals surface area contributed by atoms with E-state index in [1.807, 2.05) is 12.1 Å². The van der Waals surface area contributed by atoms with Crippen LogP contribution in [0.15, 0.2) is 42.5 Å². The van der Waals surface area contributed by atoms with Crippen LogP contribution in [0.25, 0.3) is 0 Å². The quantitative estimate of drug-likeness (QED) is 0.872. The van der Waals surface area contributed by atoms with E-state index < -0.39 is 0 Å². The van der Waals surface area contributed by atoms with E-state index in [-0.39, 0.29) is 0 Å². The zero-order chi connectivity index (χ0) is 14.5. The van der Waals surface area contributed by atoms with E-state index in [1.54, 1.807) is 0 Å². The Morgan fingerprint density at radius 2 is 1.90 bits per heavy atom. The van der Waals surface area contributed by atoms with Crippen molar-refractivity contribution in [3.05, 3.63) is 59.2 Å². The molecule has 2 aromatic carbocycles. The first-order valence-electron chi connectivity index (χ1n) is 7.17. The van der Waals surface area contributed by atoms with E-state index in [1.165, 1.54) is 11.1 Å². The van der Waals surface area contributed by atoms with Gasteiger partial charge in [-0.2, -0.15) is 0 Å². The van der Waals surface area contributed by atoms with Crippen LogP contribution >= 0.6 is 0 Å². The first kappa shape index (κ1) is 14.6. The van der Waals surface area contributed by atoms with Crippen LogP contribution in [-0.4, -0.2) is 6.54 Å². The normalized spacial score (nSPS) is 10.8. The lowest BCUT2D eigenvalue weighted by atomic mass is 10.0. The average Bonchev–Trinajstić information content (AvgIpc) is 2.43. The lowest BCUT2D eigenvalue weighted by Gasteiger charge is -2.12. The molecule has 0 atom stereocenters. The van der Waals surface area contributed by atoms with Crippen molar-refractivity contribution in [2.75, 3.05) is 6.54 Å². The molecule has 0 unspecified atom stereocenters. The zero-order valence-electron chi connectivity index (χ0n) is 12.5. The SMILES string of the molecule is Cc1ccc(CCN)cc1Oc1cccc(C(C)C)c1. The largest absolute Gasteiger partial charge is 0.457 e. The summed E-state index contributed by atoms with van der Waals surface area (Å²) in [6, 6.07) is 14.6. The highest BCUT2D eigenvalue weighted by Crippen LogP contribution is 2.28. The molecule has 0 radical (unpaired) electrons. The summed E-state index contributed by atoms with van der Waals surface area (Å²) in [6.45, 7) is 7.09. The highest BCUT2D eigenvalue weighted by molar-refractivity contribution is 5.41. The van der Waals surface area contributed by atoms with Gasteiger partial charge in [-0.25, -0.2) is 0 Å². The standard InChI is InChI=1S/C18H23NO/c1-13(2)16-5-4-6-17(12-16)20-18-11-15(9-10-19)8-7-14(18)3/h4-8,11-13H,9-10,19H2,1-3H3. The third-order valence-corrected chi connectivity index (χ3v) is 3.44. The molecule has 2 heteroatoms. The molecule has 0 saturated carbocycles. The van der Waals surface area contributed by atoms with E-state index >= 15 is 0 Å². The second-order valence-corrected chi connectivity index (χ2v) is 5.47. The van der Waals surface area contributed by atoms with Crippen molar-refractivity contribution in [1.82, 2.24) is 0 Å². The van der Waals surface area contributed by atoms with Crippen LogP contribution in [0.1, 0.15) is 36.5 Å². The van der Waals surface area contributed by atoms with Gasteiger partial charge in [0, 0.05) is 0 Å². The summed E-state index contributed by atoms with van der Waals surface area (Å²) in [5, 5.41) is 0. The molecule has 0 aliphatic carbocycles. The molecule has 2 nitrogen and oxygen atoms in total. The van der Waals surface area contributed by atoms with Gasteiger partial charge in [-0.15, -0.1) is 0 Å². The molecule has 0 amide bonds. The van der Waals surface area contributed by atoms with E-state index in [9.17, 15) is 0 Å². The predicted molar refractivity (Wildman–Crippen MR) is 84.5 cm³/mol. The minimum atomic E-state index is 0.503. The van der Waals surface area contributed by atoms with Crippen LogP contribution in [0.5, 0.6) is 11.5 Å². The second-order valence-electron chi connectivity index (χ2n) is 5.47. The Kier molecular flexibility index (Phi) is 4.80. The molecule has 0 aliphatic rings. The molecule has 2 aromatic rings. The number of nitrogens with two attached hydrogens (primary N) is 1. The predicted octanol–water partition coefficient (Wildman–Crippen LogP) is 4.41. The van der Waals surface area contributed by atoms with E-state index in [4.69, 9.17) is 10.5 Å². The first-order valence-corrected chi connectivity index (χ1v) is 7.17. The van der Waals surface area contributed by atoms with Crippen molar-refractivity contribution in [2.45, 2.75) is 33.1 Å². The highest BCUT2D eigenvalue weighted by atomic mass is 16.5. The van der Waals surface area contributed by atoms with Gasteiger partial charge in [-0.1, -0.05) is 38.1 Å². The fraction of sp³-hybridized carbons (Fsp3) is 0.333. The molecule has 0 spiro atoms. The summed E-state index contributed by atoms with van der Waals surface area (Å²) in [7, 11) is 0. The lowest BCUT2D eigenvalue weighted by Crippen LogP contribution is -2.03. The molecule has 0 aromatic heterocycles. The Bertz CT molecular complexity index is 575. The van der Waals surface area contributed by atoms with Gasteiger partial charge >= 0.3 is 0 Å². The van der Waals surface area contributed by atoms with Gasteiger partial charge in [-0.3, -0.25) is 0 Å². The summed E-state index contributed by atoms with van der Waals surface area (Å²) in [5.41, 5.74) is 9.26. The molecule has 0 fully saturated rings. The fourth-order valence-electron chi connectivity index (χ4n) is 2.14. The van der Waals surface area contributed by atoms with E-state index in [2.05, 4.69) is 51.1 Å². The maximum atomic E-state index is 6.05. The summed E-state index contributed by atoms with van der Waals surface area (Å²) in [6.07, 6.45) is 0.878. The number of hydrogen-bond donors (Lipinski definition) is 1. The van der Waals surface area contributed by atoms with Gasteiger partial charge in [-0.05, 0) is 60.7 Å². The summed E-state index contributed by atoms with van der Waals surface area (Å²) >= 11 is 0. The highest BCUT2D eigenvalue weighted by Gasteiger charge is 2.05. The maximum Gasteiger partial charge on any atom is 0.130 e. The number of rotatable bonds is 5. The fourth-order valence-corrected chi connectivity index (χ4v) is 2.14. The molecule has 2 N–H and O–H groups in total. The third-order valence-electron chi connectivity index (χ3n) is 3.44. The first-order chi connectivity index (χ1) is 9.60. The molecule has 0 heterocycles. The van der Waals surface area contributed by atoms with Crippen molar-refractivity contribution >= 4 is 0 Å². The monoisotopic (exact) mass is 269 g/mol. The van der Waals surface area contributed by atoms with Crippen molar-refractivity contribution in [3.8, 4) is 11.5 Å². The van der Waals surface area contributed by atoms with Crippen molar-refractivity contribution in [3.63, 3.8) is 0 Å². The van der Waals surface area contributed by atoms with Crippen LogP contribution in [0.2, 0.25) is 0 Å². The topological polar surface area (TPSA) is 35.2 Å². The van der Waals surface area contributed by atoms with E-state index in [0.29, 0.717) is 12.5 Å². The second kappa shape index (κ2) is 6.58. The molecular formula is C18H23NO. The molecule has 0 aliphatic heterocycles. The Hall–Kier alpha value is -1.80. The zero-order valence-corrected chi connectivity index (χ0v) is 12.5. The molecule has 106 valence electrons. The summed E-state index contributed by atoms with van der Waals surface area (Å²) in [4.78, 5) is 0. The summed E-state index contributed by atoms with van der Waals surface area (Å²) in [5.74, 6) is 2.31. The van der Waals surface area contributed by atoms with Gasteiger partial charge in [0.2, 0.25) is 0 Å². The van der Waals surface area contributed by atoms with Crippen molar-refractivity contribution < 1.29 is 4.74 Å². The number of benzene rings is 2. The number of hydrogen-bond acceptors (Lipinski definition) is 2. The van der Waals surface area contributed by atoms with Gasteiger partial charge in [0.15, 0.2) is 0 Å². The third kappa shape index (κ3) is 3.61. The average molecular weight is 269 g/mol. The Morgan fingerprint density at radius 3 is 2.60 bits per heavy atom. The van der Waals surface area contributed by atoms with Gasteiger partial charge < -0.3 is 10.5 Å². The molecule has 20 heavy (non-hydrogen) atoms. The Balaban J connectivity index is 2.24. The molecule has 2 rings (SSSR count). The minimum absolute atomic E-state index is 0.503. The van der Waals surface area contributed by atoms with Crippen LogP contribution in [0.4, 0.5) is 0 Å². The number of ether oxygens (including phenoxy) is 1. The van der Waals surface area contributed by atoms with Gasteiger partial charge in [0.25, 0.3) is 0 Å². The van der Waals surface area contributed by atoms with Crippen molar-refractivity contribution in [1.29, 1.82) is 0 Å². The minimum Gasteiger partial charge on any atom is -0.457 e. The van der Waals surface area contributed by atoms with Gasteiger partial charge in [0.1, 0.15) is 11.5 Å². The van der Waals surface area contributed by atoms with Crippen LogP contribution in [-0.2, 0) is 6.42 Å². The number of aryl methyl sites for hydroxylation is 1. The molecular weight excluding hydrogens is 246 g/mol. The van der Waals surface area contributed by atoms with Crippen molar-refractivity contribution in [2.24, 2.45) is 5.73 Å². The van der Waals surface area contributed by atoms with Crippen LogP contribution in [0, 0.1) is 6.92 Å². The maximum absolute atomic E-state index is 6.05. The Morgan fingerprint density at radius 1 is 1.10 bits per heavy atom.